The van der Waals surface area contributed by atoms with Crippen LogP contribution in [0, 0.1) is 0 Å². The summed E-state index contributed by atoms with van der Waals surface area (Å²) in [5.74, 6) is 0.448. The lowest BCUT2D eigenvalue weighted by atomic mass is 10.1. The smallest absolute Gasteiger partial charge is 0.247 e. The Bertz CT molecular complexity index is 817. The van der Waals surface area contributed by atoms with Gasteiger partial charge in [0, 0.05) is 22.1 Å². The number of unbranched alkanes of at least 4 members (excludes halogenated alkanes) is 1. The maximum absolute atomic E-state index is 12.1. The van der Waals surface area contributed by atoms with E-state index in [4.69, 9.17) is 4.42 Å². The minimum absolute atomic E-state index is 0.0125. The Hall–Kier alpha value is -2.47. The lowest BCUT2D eigenvalue weighted by molar-refractivity contribution is -0.116. The molecule has 0 spiro atoms. The number of nitrogens with one attached hydrogen (secondary N) is 1. The van der Waals surface area contributed by atoms with Gasteiger partial charge < -0.3 is 9.73 Å². The van der Waals surface area contributed by atoms with Crippen LogP contribution in [0.2, 0.25) is 0 Å². The lowest BCUT2D eigenvalue weighted by Gasteiger charge is -2.06. The second-order valence-electron chi connectivity index (χ2n) is 5.71. The first kappa shape index (κ1) is 17.4. The molecule has 5 nitrogen and oxygen atoms in total. The number of halogens is 1. The third-order valence-electron chi connectivity index (χ3n) is 3.79. The fourth-order valence-corrected chi connectivity index (χ4v) is 2.78. The zero-order valence-electron chi connectivity index (χ0n) is 13.6. The summed E-state index contributed by atoms with van der Waals surface area (Å²) in [5, 5.41) is 10.4. The van der Waals surface area contributed by atoms with Gasteiger partial charge in [-0.2, -0.15) is 0 Å². The standard InChI is InChI=1S/C19H18BrN3O2/c20-16-10-8-14(9-11-16)4-1-2-7-18(24)22-17-6-3-5-15(12-17)19-23-21-13-25-19/h3,5-6,8-13H,1-2,4,7H2,(H,22,24). The molecule has 25 heavy (non-hydrogen) atoms. The highest BCUT2D eigenvalue weighted by atomic mass is 79.9. The van der Waals surface area contributed by atoms with Crippen LogP contribution in [0.3, 0.4) is 0 Å². The molecular formula is C19H18BrN3O2. The maximum Gasteiger partial charge on any atom is 0.247 e. The summed E-state index contributed by atoms with van der Waals surface area (Å²) in [6.45, 7) is 0. The minimum atomic E-state index is 0.0125. The van der Waals surface area contributed by atoms with Crippen LogP contribution in [0.25, 0.3) is 11.5 Å². The van der Waals surface area contributed by atoms with E-state index in [1.54, 1.807) is 0 Å². The number of aromatic nitrogens is 2. The van der Waals surface area contributed by atoms with Crippen molar-refractivity contribution in [1.82, 2.24) is 10.2 Å². The predicted molar refractivity (Wildman–Crippen MR) is 100 cm³/mol. The van der Waals surface area contributed by atoms with Crippen LogP contribution in [-0.4, -0.2) is 16.1 Å². The van der Waals surface area contributed by atoms with Crippen LogP contribution in [-0.2, 0) is 11.2 Å². The molecule has 0 aliphatic rings. The molecule has 3 rings (SSSR count). The molecule has 6 heteroatoms. The van der Waals surface area contributed by atoms with Crippen molar-refractivity contribution in [2.24, 2.45) is 0 Å². The highest BCUT2D eigenvalue weighted by molar-refractivity contribution is 9.10. The molecule has 0 unspecified atom stereocenters. The number of aryl methyl sites for hydroxylation is 1. The Kier molecular flexibility index (Phi) is 5.95. The van der Waals surface area contributed by atoms with Gasteiger partial charge in [0.2, 0.25) is 18.2 Å². The van der Waals surface area contributed by atoms with Gasteiger partial charge in [0.15, 0.2) is 0 Å². The van der Waals surface area contributed by atoms with Crippen molar-refractivity contribution >= 4 is 27.5 Å². The largest absolute Gasteiger partial charge is 0.423 e. The molecule has 3 aromatic rings. The van der Waals surface area contributed by atoms with E-state index >= 15 is 0 Å². The molecule has 2 aromatic carbocycles. The number of hydrogen-bond acceptors (Lipinski definition) is 4. The van der Waals surface area contributed by atoms with Gasteiger partial charge in [-0.3, -0.25) is 4.79 Å². The number of benzene rings is 2. The molecule has 0 saturated carbocycles. The van der Waals surface area contributed by atoms with E-state index in [0.717, 1.165) is 35.0 Å². The molecule has 128 valence electrons. The Morgan fingerprint density at radius 3 is 2.72 bits per heavy atom. The first-order chi connectivity index (χ1) is 12.2. The fraction of sp³-hybridized carbons (Fsp3) is 0.211. The van der Waals surface area contributed by atoms with Crippen LogP contribution in [0.1, 0.15) is 24.8 Å². The van der Waals surface area contributed by atoms with Crippen molar-refractivity contribution in [3.8, 4) is 11.5 Å². The summed E-state index contributed by atoms with van der Waals surface area (Å²) in [7, 11) is 0. The van der Waals surface area contributed by atoms with Gasteiger partial charge in [0.25, 0.3) is 0 Å². The van der Waals surface area contributed by atoms with E-state index in [9.17, 15) is 4.79 Å². The molecule has 0 radical (unpaired) electrons. The summed E-state index contributed by atoms with van der Waals surface area (Å²) < 4.78 is 6.25. The summed E-state index contributed by atoms with van der Waals surface area (Å²) in [5.41, 5.74) is 2.80. The number of rotatable bonds is 7. The average Bonchev–Trinajstić information content (AvgIpc) is 3.15. The highest BCUT2D eigenvalue weighted by Crippen LogP contribution is 2.20. The van der Waals surface area contributed by atoms with Crippen LogP contribution in [0.5, 0.6) is 0 Å². The summed E-state index contributed by atoms with van der Waals surface area (Å²) >= 11 is 3.43. The van der Waals surface area contributed by atoms with Crippen molar-refractivity contribution < 1.29 is 9.21 Å². The predicted octanol–water partition coefficient (Wildman–Crippen LogP) is 4.85. The zero-order chi connectivity index (χ0) is 17.5. The van der Waals surface area contributed by atoms with Crippen molar-refractivity contribution in [3.05, 3.63) is 65.0 Å². The monoisotopic (exact) mass is 399 g/mol. The summed E-state index contributed by atoms with van der Waals surface area (Å²) in [6.07, 6.45) is 4.60. The number of carbonyl (C=O) groups excluding carboxylic acids is 1. The van der Waals surface area contributed by atoms with Gasteiger partial charge in [-0.1, -0.05) is 34.1 Å². The quantitative estimate of drug-likeness (QED) is 0.576. The molecule has 0 bridgehead atoms. The third-order valence-corrected chi connectivity index (χ3v) is 4.31. The van der Waals surface area contributed by atoms with Gasteiger partial charge in [-0.15, -0.1) is 10.2 Å². The normalized spacial score (nSPS) is 10.6. The fourth-order valence-electron chi connectivity index (χ4n) is 2.52. The molecule has 0 atom stereocenters. The molecular weight excluding hydrogens is 382 g/mol. The number of anilines is 1. The van der Waals surface area contributed by atoms with E-state index in [1.165, 1.54) is 12.0 Å². The van der Waals surface area contributed by atoms with E-state index < -0.39 is 0 Å². The van der Waals surface area contributed by atoms with Crippen molar-refractivity contribution in [1.29, 1.82) is 0 Å². The first-order valence-electron chi connectivity index (χ1n) is 8.11. The summed E-state index contributed by atoms with van der Waals surface area (Å²) in [6, 6.07) is 15.7. The van der Waals surface area contributed by atoms with Crippen LogP contribution in [0.15, 0.2) is 63.8 Å². The van der Waals surface area contributed by atoms with E-state index in [-0.39, 0.29) is 5.91 Å². The van der Waals surface area contributed by atoms with Crippen molar-refractivity contribution in [2.75, 3.05) is 5.32 Å². The first-order valence-corrected chi connectivity index (χ1v) is 8.91. The van der Waals surface area contributed by atoms with E-state index in [1.807, 2.05) is 36.4 Å². The number of carbonyl (C=O) groups is 1. The third kappa shape index (κ3) is 5.26. The molecule has 0 fully saturated rings. The second-order valence-corrected chi connectivity index (χ2v) is 6.62. The molecule has 1 amide bonds. The second kappa shape index (κ2) is 8.58. The maximum atomic E-state index is 12.1. The van der Waals surface area contributed by atoms with Crippen LogP contribution < -0.4 is 5.32 Å². The highest BCUT2D eigenvalue weighted by Gasteiger charge is 2.07. The van der Waals surface area contributed by atoms with Crippen LogP contribution in [0.4, 0.5) is 5.69 Å². The molecule has 1 heterocycles. The number of amides is 1. The SMILES string of the molecule is O=C(CCCCc1ccc(Br)cc1)Nc1cccc(-c2nnco2)c1. The lowest BCUT2D eigenvalue weighted by Crippen LogP contribution is -2.11. The van der Waals surface area contributed by atoms with Gasteiger partial charge >= 0.3 is 0 Å². The van der Waals surface area contributed by atoms with Gasteiger partial charge in [0.1, 0.15) is 0 Å². The average molecular weight is 400 g/mol. The Labute approximate surface area is 154 Å². The van der Waals surface area contributed by atoms with Gasteiger partial charge in [-0.05, 0) is 55.2 Å². The topological polar surface area (TPSA) is 68.0 Å². The Morgan fingerprint density at radius 1 is 1.12 bits per heavy atom. The van der Waals surface area contributed by atoms with E-state index in [0.29, 0.717) is 12.3 Å². The van der Waals surface area contributed by atoms with Gasteiger partial charge in [-0.25, -0.2) is 0 Å². The van der Waals surface area contributed by atoms with Crippen molar-refractivity contribution in [3.63, 3.8) is 0 Å². The molecule has 1 N–H and O–H groups in total. The molecule has 0 aliphatic heterocycles. The van der Waals surface area contributed by atoms with Crippen molar-refractivity contribution in [2.45, 2.75) is 25.7 Å². The number of nitrogens with zero attached hydrogens (tertiary/aromatic N) is 2. The molecule has 0 saturated heterocycles. The minimum Gasteiger partial charge on any atom is -0.423 e. The summed E-state index contributed by atoms with van der Waals surface area (Å²) in [4.78, 5) is 12.1. The number of hydrogen-bond donors (Lipinski definition) is 1. The van der Waals surface area contributed by atoms with E-state index in [2.05, 4.69) is 43.6 Å². The zero-order valence-corrected chi connectivity index (χ0v) is 15.2. The molecule has 1 aromatic heterocycles. The Balaban J connectivity index is 1.45. The Morgan fingerprint density at radius 2 is 1.96 bits per heavy atom. The van der Waals surface area contributed by atoms with Gasteiger partial charge in [0.05, 0.1) is 0 Å². The molecule has 0 aliphatic carbocycles. The van der Waals surface area contributed by atoms with Crippen LogP contribution >= 0.6 is 15.9 Å².